The van der Waals surface area contributed by atoms with Crippen molar-refractivity contribution >= 4 is 5.82 Å². The maximum atomic E-state index is 12.8. The van der Waals surface area contributed by atoms with Crippen molar-refractivity contribution in [3.63, 3.8) is 0 Å². The Bertz CT molecular complexity index is 348. The third-order valence-corrected chi connectivity index (χ3v) is 2.96. The normalized spacial score (nSPS) is 25.4. The molecular formula is C11H16FN3O. The molecule has 2 atom stereocenters. The number of halogens is 1. The van der Waals surface area contributed by atoms with Crippen LogP contribution in [-0.4, -0.2) is 27.7 Å². The standard InChI is InChI=1S/C11H16FN3O/c12-10-5-11(15-7-14-10)13-6-8-2-1-3-9(16)4-8/h5,7-9,16H,1-4,6H2,(H,13,14,15). The van der Waals surface area contributed by atoms with Crippen molar-refractivity contribution < 1.29 is 9.50 Å². The van der Waals surface area contributed by atoms with Crippen molar-refractivity contribution in [2.24, 2.45) is 5.92 Å². The van der Waals surface area contributed by atoms with E-state index in [4.69, 9.17) is 0 Å². The van der Waals surface area contributed by atoms with E-state index in [0.29, 0.717) is 11.7 Å². The summed E-state index contributed by atoms with van der Waals surface area (Å²) in [5.41, 5.74) is 0. The number of hydrogen-bond donors (Lipinski definition) is 2. The molecule has 5 heteroatoms. The molecule has 1 aliphatic carbocycles. The van der Waals surface area contributed by atoms with E-state index < -0.39 is 5.95 Å². The van der Waals surface area contributed by atoms with Gasteiger partial charge in [0.15, 0.2) is 0 Å². The maximum Gasteiger partial charge on any atom is 0.217 e. The van der Waals surface area contributed by atoms with E-state index in [0.717, 1.165) is 32.2 Å². The Kier molecular flexibility index (Phi) is 3.66. The van der Waals surface area contributed by atoms with Gasteiger partial charge in [-0.05, 0) is 25.2 Å². The summed E-state index contributed by atoms with van der Waals surface area (Å²) in [6.45, 7) is 0.730. The number of nitrogens with zero attached hydrogens (tertiary/aromatic N) is 2. The van der Waals surface area contributed by atoms with Crippen LogP contribution in [0.2, 0.25) is 0 Å². The van der Waals surface area contributed by atoms with Gasteiger partial charge in [-0.2, -0.15) is 4.39 Å². The Labute approximate surface area is 93.9 Å². The van der Waals surface area contributed by atoms with E-state index in [9.17, 15) is 9.50 Å². The zero-order chi connectivity index (χ0) is 11.4. The van der Waals surface area contributed by atoms with Gasteiger partial charge in [0, 0.05) is 12.6 Å². The first-order valence-electron chi connectivity index (χ1n) is 5.63. The maximum absolute atomic E-state index is 12.8. The summed E-state index contributed by atoms with van der Waals surface area (Å²) in [4.78, 5) is 7.31. The third kappa shape index (κ3) is 3.13. The zero-order valence-corrected chi connectivity index (χ0v) is 9.06. The second kappa shape index (κ2) is 5.21. The minimum atomic E-state index is -0.527. The molecule has 1 aliphatic rings. The van der Waals surface area contributed by atoms with Crippen LogP contribution < -0.4 is 5.32 Å². The zero-order valence-electron chi connectivity index (χ0n) is 9.06. The second-order valence-electron chi connectivity index (χ2n) is 4.29. The quantitative estimate of drug-likeness (QED) is 0.767. The minimum Gasteiger partial charge on any atom is -0.393 e. The fourth-order valence-corrected chi connectivity index (χ4v) is 2.13. The average molecular weight is 225 g/mol. The van der Waals surface area contributed by atoms with Gasteiger partial charge in [-0.1, -0.05) is 6.42 Å². The molecule has 2 rings (SSSR count). The SMILES string of the molecule is OC1CCCC(CNc2cc(F)ncn2)C1. The molecule has 1 aromatic rings. The first-order valence-corrected chi connectivity index (χ1v) is 5.63. The minimum absolute atomic E-state index is 0.178. The molecule has 0 amide bonds. The highest BCUT2D eigenvalue weighted by molar-refractivity contribution is 5.31. The molecule has 0 spiro atoms. The van der Waals surface area contributed by atoms with E-state index in [2.05, 4.69) is 15.3 Å². The van der Waals surface area contributed by atoms with Crippen LogP contribution in [0.3, 0.4) is 0 Å². The predicted octanol–water partition coefficient (Wildman–Crippen LogP) is 1.58. The number of aromatic nitrogens is 2. The van der Waals surface area contributed by atoms with Gasteiger partial charge in [0.25, 0.3) is 0 Å². The summed E-state index contributed by atoms with van der Waals surface area (Å²) in [7, 11) is 0. The third-order valence-electron chi connectivity index (χ3n) is 2.96. The Morgan fingerprint density at radius 1 is 1.44 bits per heavy atom. The number of aliphatic hydroxyl groups is 1. The summed E-state index contributed by atoms with van der Waals surface area (Å²) in [5.74, 6) is 0.426. The van der Waals surface area contributed by atoms with Gasteiger partial charge in [-0.25, -0.2) is 9.97 Å². The number of rotatable bonds is 3. The number of nitrogens with one attached hydrogen (secondary N) is 1. The van der Waals surface area contributed by atoms with Crippen LogP contribution in [0, 0.1) is 11.9 Å². The van der Waals surface area contributed by atoms with Crippen LogP contribution in [0.1, 0.15) is 25.7 Å². The van der Waals surface area contributed by atoms with Crippen molar-refractivity contribution in [1.29, 1.82) is 0 Å². The highest BCUT2D eigenvalue weighted by Crippen LogP contribution is 2.24. The van der Waals surface area contributed by atoms with Gasteiger partial charge >= 0.3 is 0 Å². The molecule has 0 radical (unpaired) electrons. The smallest absolute Gasteiger partial charge is 0.217 e. The fourth-order valence-electron chi connectivity index (χ4n) is 2.13. The largest absolute Gasteiger partial charge is 0.393 e. The highest BCUT2D eigenvalue weighted by Gasteiger charge is 2.19. The van der Waals surface area contributed by atoms with Crippen molar-refractivity contribution in [3.8, 4) is 0 Å². The number of hydrogen-bond acceptors (Lipinski definition) is 4. The lowest BCUT2D eigenvalue weighted by molar-refractivity contribution is 0.104. The topological polar surface area (TPSA) is 58.0 Å². The molecule has 0 aliphatic heterocycles. The first-order chi connectivity index (χ1) is 7.74. The Balaban J connectivity index is 1.82. The predicted molar refractivity (Wildman–Crippen MR) is 58.4 cm³/mol. The highest BCUT2D eigenvalue weighted by atomic mass is 19.1. The van der Waals surface area contributed by atoms with Crippen LogP contribution >= 0.6 is 0 Å². The first kappa shape index (κ1) is 11.3. The van der Waals surface area contributed by atoms with E-state index in [1.165, 1.54) is 12.4 Å². The number of anilines is 1. The number of aliphatic hydroxyl groups excluding tert-OH is 1. The lowest BCUT2D eigenvalue weighted by Crippen LogP contribution is -2.25. The molecule has 2 N–H and O–H groups in total. The van der Waals surface area contributed by atoms with Gasteiger partial charge in [0.2, 0.25) is 5.95 Å². The molecule has 0 saturated heterocycles. The summed E-state index contributed by atoms with van der Waals surface area (Å²) in [6, 6.07) is 1.28. The van der Waals surface area contributed by atoms with Gasteiger partial charge in [-0.15, -0.1) is 0 Å². The van der Waals surface area contributed by atoms with Gasteiger partial charge in [0.05, 0.1) is 6.10 Å². The van der Waals surface area contributed by atoms with Crippen molar-refractivity contribution in [2.45, 2.75) is 31.8 Å². The van der Waals surface area contributed by atoms with Crippen LogP contribution in [0.5, 0.6) is 0 Å². The van der Waals surface area contributed by atoms with Crippen LogP contribution in [-0.2, 0) is 0 Å². The van der Waals surface area contributed by atoms with Crippen molar-refractivity contribution in [2.75, 3.05) is 11.9 Å². The molecule has 1 heterocycles. The second-order valence-corrected chi connectivity index (χ2v) is 4.29. The molecule has 0 aromatic carbocycles. The van der Waals surface area contributed by atoms with Crippen LogP contribution in [0.4, 0.5) is 10.2 Å². The van der Waals surface area contributed by atoms with Gasteiger partial charge in [-0.3, -0.25) is 0 Å². The Morgan fingerprint density at radius 2 is 2.31 bits per heavy atom. The lowest BCUT2D eigenvalue weighted by Gasteiger charge is -2.25. The van der Waals surface area contributed by atoms with E-state index >= 15 is 0 Å². The molecule has 16 heavy (non-hydrogen) atoms. The molecule has 1 aromatic heterocycles. The fraction of sp³-hybridized carbons (Fsp3) is 0.636. The van der Waals surface area contributed by atoms with E-state index in [-0.39, 0.29) is 6.10 Å². The summed E-state index contributed by atoms with van der Waals surface area (Å²) in [5, 5.41) is 12.6. The average Bonchev–Trinajstić information content (AvgIpc) is 2.27. The van der Waals surface area contributed by atoms with Gasteiger partial charge in [0.1, 0.15) is 12.1 Å². The lowest BCUT2D eigenvalue weighted by atomic mass is 9.87. The van der Waals surface area contributed by atoms with Gasteiger partial charge < -0.3 is 10.4 Å². The van der Waals surface area contributed by atoms with Crippen molar-refractivity contribution in [3.05, 3.63) is 18.3 Å². The molecule has 4 nitrogen and oxygen atoms in total. The van der Waals surface area contributed by atoms with Crippen molar-refractivity contribution in [1.82, 2.24) is 9.97 Å². The van der Waals surface area contributed by atoms with E-state index in [1.807, 2.05) is 0 Å². The van der Waals surface area contributed by atoms with E-state index in [1.54, 1.807) is 0 Å². The molecule has 0 bridgehead atoms. The molecular weight excluding hydrogens is 209 g/mol. The molecule has 2 unspecified atom stereocenters. The summed E-state index contributed by atoms with van der Waals surface area (Å²) >= 11 is 0. The Hall–Kier alpha value is -1.23. The molecule has 1 saturated carbocycles. The summed E-state index contributed by atoms with van der Waals surface area (Å²) in [6.07, 6.45) is 4.92. The summed E-state index contributed by atoms with van der Waals surface area (Å²) < 4.78 is 12.8. The van der Waals surface area contributed by atoms with Crippen LogP contribution in [0.25, 0.3) is 0 Å². The van der Waals surface area contributed by atoms with Crippen LogP contribution in [0.15, 0.2) is 12.4 Å². The monoisotopic (exact) mass is 225 g/mol. The Morgan fingerprint density at radius 3 is 3.06 bits per heavy atom. The molecule has 88 valence electrons. The molecule has 1 fully saturated rings.